The summed E-state index contributed by atoms with van der Waals surface area (Å²) in [5.74, 6) is 0.532. The second-order valence-corrected chi connectivity index (χ2v) is 7.85. The van der Waals surface area contributed by atoms with Gasteiger partial charge in [0.05, 0.1) is 10.4 Å². The lowest BCUT2D eigenvalue weighted by Crippen LogP contribution is -1.98. The molecular weight excluding hydrogens is 403 g/mol. The number of halogens is 2. The molecule has 9 heteroatoms. The third-order valence-corrected chi connectivity index (χ3v) is 5.92. The van der Waals surface area contributed by atoms with Crippen LogP contribution in [0.15, 0.2) is 36.1 Å². The number of hydrogen-bond acceptors (Lipinski definition) is 5. The molecule has 4 heterocycles. The zero-order chi connectivity index (χ0) is 18.7. The van der Waals surface area contributed by atoms with Gasteiger partial charge in [-0.05, 0) is 37.6 Å². The zero-order valence-electron chi connectivity index (χ0n) is 14.3. The summed E-state index contributed by atoms with van der Waals surface area (Å²) in [5.41, 5.74) is 4.45. The summed E-state index contributed by atoms with van der Waals surface area (Å²) < 4.78 is 3.74. The molecule has 0 aliphatic carbocycles. The molecule has 0 N–H and O–H groups in total. The predicted octanol–water partition coefficient (Wildman–Crippen LogP) is 5.12. The lowest BCUT2D eigenvalue weighted by Gasteiger charge is -2.02. The average Bonchev–Trinajstić information content (AvgIpc) is 3.34. The zero-order valence-corrected chi connectivity index (χ0v) is 16.6. The molecule has 0 unspecified atom stereocenters. The second-order valence-electron chi connectivity index (χ2n) is 6.13. The van der Waals surface area contributed by atoms with Crippen LogP contribution in [0.4, 0.5) is 0 Å². The van der Waals surface area contributed by atoms with E-state index in [4.69, 9.17) is 28.2 Å². The van der Waals surface area contributed by atoms with Crippen molar-refractivity contribution in [3.8, 4) is 16.5 Å². The second kappa shape index (κ2) is 6.02. The van der Waals surface area contributed by atoms with E-state index in [1.807, 2.05) is 11.4 Å². The molecule has 5 aromatic rings. The molecule has 5 rings (SSSR count). The van der Waals surface area contributed by atoms with Crippen LogP contribution in [0.1, 0.15) is 11.3 Å². The number of aromatic nitrogens is 6. The summed E-state index contributed by atoms with van der Waals surface area (Å²) in [4.78, 5) is 13.8. The van der Waals surface area contributed by atoms with Crippen LogP contribution in [0, 0.1) is 13.8 Å². The van der Waals surface area contributed by atoms with Crippen molar-refractivity contribution < 1.29 is 0 Å². The maximum absolute atomic E-state index is 6.34. The van der Waals surface area contributed by atoms with Gasteiger partial charge in [-0.15, -0.1) is 16.4 Å². The number of thiazole rings is 1. The first-order valence-electron chi connectivity index (χ1n) is 8.13. The van der Waals surface area contributed by atoms with Gasteiger partial charge in [0.25, 0.3) is 0 Å². The summed E-state index contributed by atoms with van der Waals surface area (Å²) >= 11 is 13.9. The SMILES string of the molecule is Cc1c(C)n(-c2nccs2)c2ncn3nc(-c4ccc(Cl)cc4Cl)nc3c12. The molecule has 134 valence electrons. The predicted molar refractivity (Wildman–Crippen MR) is 108 cm³/mol. The maximum atomic E-state index is 6.34. The molecule has 0 saturated carbocycles. The number of nitrogens with zero attached hydrogens (tertiary/aromatic N) is 6. The highest BCUT2D eigenvalue weighted by atomic mass is 35.5. The Morgan fingerprint density at radius 2 is 1.93 bits per heavy atom. The summed E-state index contributed by atoms with van der Waals surface area (Å²) in [6, 6.07) is 5.28. The molecule has 0 spiro atoms. The first-order chi connectivity index (χ1) is 13.0. The van der Waals surface area contributed by atoms with Gasteiger partial charge in [0, 0.05) is 27.9 Å². The summed E-state index contributed by atoms with van der Waals surface area (Å²) in [7, 11) is 0. The molecule has 0 saturated heterocycles. The van der Waals surface area contributed by atoms with Gasteiger partial charge in [-0.2, -0.15) is 0 Å². The fourth-order valence-electron chi connectivity index (χ4n) is 3.21. The van der Waals surface area contributed by atoms with E-state index < -0.39 is 0 Å². The quantitative estimate of drug-likeness (QED) is 0.402. The summed E-state index contributed by atoms with van der Waals surface area (Å²) in [6.45, 7) is 4.12. The van der Waals surface area contributed by atoms with E-state index >= 15 is 0 Å². The van der Waals surface area contributed by atoms with Gasteiger partial charge in [0.1, 0.15) is 6.33 Å². The first-order valence-corrected chi connectivity index (χ1v) is 9.76. The molecule has 6 nitrogen and oxygen atoms in total. The maximum Gasteiger partial charge on any atom is 0.195 e. The third kappa shape index (κ3) is 2.46. The molecule has 0 fully saturated rings. The van der Waals surface area contributed by atoms with Crippen LogP contribution in [0.25, 0.3) is 33.2 Å². The molecule has 0 aliphatic rings. The smallest absolute Gasteiger partial charge is 0.195 e. The van der Waals surface area contributed by atoms with Gasteiger partial charge in [-0.25, -0.2) is 19.5 Å². The molecule has 0 atom stereocenters. The number of rotatable bonds is 2. The number of hydrogen-bond donors (Lipinski definition) is 0. The van der Waals surface area contributed by atoms with Crippen LogP contribution in [0.5, 0.6) is 0 Å². The van der Waals surface area contributed by atoms with Crippen molar-refractivity contribution in [2.45, 2.75) is 13.8 Å². The van der Waals surface area contributed by atoms with Crippen LogP contribution in [0.2, 0.25) is 10.0 Å². The minimum atomic E-state index is 0.510. The van der Waals surface area contributed by atoms with E-state index in [2.05, 4.69) is 33.5 Å². The van der Waals surface area contributed by atoms with Crippen LogP contribution < -0.4 is 0 Å². The van der Waals surface area contributed by atoms with E-state index in [-0.39, 0.29) is 0 Å². The number of aryl methyl sites for hydroxylation is 1. The standard InChI is InChI=1S/C18H12Cl2N6S/c1-9-10(2)26(18-21-5-6-27-18)16-14(9)17-23-15(24-25(17)8-22-16)12-4-3-11(19)7-13(12)20/h3-8H,1-2H3. The summed E-state index contributed by atoms with van der Waals surface area (Å²) in [5, 5.41) is 9.42. The van der Waals surface area contributed by atoms with Crippen molar-refractivity contribution in [3.05, 3.63) is 57.4 Å². The Bertz CT molecular complexity index is 1320. The van der Waals surface area contributed by atoms with E-state index in [1.165, 1.54) is 0 Å². The minimum Gasteiger partial charge on any atom is -0.273 e. The Hall–Kier alpha value is -2.48. The van der Waals surface area contributed by atoms with Crippen LogP contribution >= 0.6 is 34.5 Å². The molecule has 0 aliphatic heterocycles. The van der Waals surface area contributed by atoms with Crippen molar-refractivity contribution in [2.75, 3.05) is 0 Å². The fourth-order valence-corrected chi connectivity index (χ4v) is 4.39. The minimum absolute atomic E-state index is 0.510. The van der Waals surface area contributed by atoms with Crippen LogP contribution in [0.3, 0.4) is 0 Å². The molecule has 27 heavy (non-hydrogen) atoms. The average molecular weight is 415 g/mol. The largest absolute Gasteiger partial charge is 0.273 e. The van der Waals surface area contributed by atoms with Crippen molar-refractivity contribution in [1.29, 1.82) is 0 Å². The van der Waals surface area contributed by atoms with Crippen molar-refractivity contribution in [2.24, 2.45) is 0 Å². The van der Waals surface area contributed by atoms with Gasteiger partial charge >= 0.3 is 0 Å². The number of fused-ring (bicyclic) bond motifs is 3. The van der Waals surface area contributed by atoms with Crippen LogP contribution in [-0.2, 0) is 0 Å². The molecule has 4 aromatic heterocycles. The highest BCUT2D eigenvalue weighted by Gasteiger charge is 2.20. The van der Waals surface area contributed by atoms with E-state index in [0.717, 1.165) is 38.6 Å². The highest BCUT2D eigenvalue weighted by Crippen LogP contribution is 2.33. The van der Waals surface area contributed by atoms with Gasteiger partial charge < -0.3 is 0 Å². The van der Waals surface area contributed by atoms with E-state index in [0.29, 0.717) is 15.9 Å². The van der Waals surface area contributed by atoms with Gasteiger partial charge in [-0.1, -0.05) is 23.2 Å². The van der Waals surface area contributed by atoms with Crippen molar-refractivity contribution >= 4 is 51.2 Å². The van der Waals surface area contributed by atoms with Gasteiger partial charge in [0.2, 0.25) is 0 Å². The third-order valence-electron chi connectivity index (χ3n) is 4.62. The monoisotopic (exact) mass is 414 g/mol. The Labute approximate surface area is 168 Å². The molecule has 0 bridgehead atoms. The molecular formula is C18H12Cl2N6S. The molecule has 0 radical (unpaired) electrons. The Balaban J connectivity index is 1.81. The number of benzene rings is 1. The lowest BCUT2D eigenvalue weighted by molar-refractivity contribution is 0.925. The normalized spacial score (nSPS) is 11.7. The lowest BCUT2D eigenvalue weighted by atomic mass is 10.2. The van der Waals surface area contributed by atoms with Gasteiger partial charge in [-0.3, -0.25) is 4.57 Å². The summed E-state index contributed by atoms with van der Waals surface area (Å²) in [6.07, 6.45) is 3.46. The Kier molecular flexibility index (Phi) is 3.72. The molecule has 0 amide bonds. The Morgan fingerprint density at radius 3 is 2.67 bits per heavy atom. The van der Waals surface area contributed by atoms with Gasteiger partial charge in [0.15, 0.2) is 22.3 Å². The topological polar surface area (TPSA) is 60.9 Å². The molecule has 1 aromatic carbocycles. The van der Waals surface area contributed by atoms with E-state index in [1.54, 1.807) is 40.5 Å². The van der Waals surface area contributed by atoms with Crippen LogP contribution in [-0.4, -0.2) is 29.1 Å². The van der Waals surface area contributed by atoms with Crippen molar-refractivity contribution in [1.82, 2.24) is 29.1 Å². The highest BCUT2D eigenvalue weighted by molar-refractivity contribution is 7.12. The Morgan fingerprint density at radius 1 is 1.07 bits per heavy atom. The first kappa shape index (κ1) is 16.7. The van der Waals surface area contributed by atoms with E-state index in [9.17, 15) is 0 Å². The van der Waals surface area contributed by atoms with Crippen molar-refractivity contribution in [3.63, 3.8) is 0 Å². The fraction of sp³-hybridized carbons (Fsp3) is 0.111.